The van der Waals surface area contributed by atoms with Crippen LogP contribution in [0.3, 0.4) is 0 Å². The number of carboxylic acid groups (broad SMARTS) is 1. The van der Waals surface area contributed by atoms with Crippen LogP contribution in [0.25, 0.3) is 10.8 Å². The summed E-state index contributed by atoms with van der Waals surface area (Å²) in [5.41, 5.74) is -1.57. The number of hydrogen-bond donors (Lipinski definition) is 4. The molecule has 300 valence electrons. The van der Waals surface area contributed by atoms with Gasteiger partial charge in [0.2, 0.25) is 27.7 Å². The average Bonchev–Trinajstić information content (AvgIpc) is 4.02. The smallest absolute Gasteiger partial charge is 0.405 e. The number of benzene rings is 1. The van der Waals surface area contributed by atoms with Crippen LogP contribution in [-0.2, 0) is 29.1 Å². The van der Waals surface area contributed by atoms with Gasteiger partial charge >= 0.3 is 6.09 Å². The lowest BCUT2D eigenvalue weighted by molar-refractivity contribution is -0.142. The van der Waals surface area contributed by atoms with Crippen molar-refractivity contribution in [1.29, 1.82) is 0 Å². The van der Waals surface area contributed by atoms with Crippen LogP contribution < -0.4 is 29.6 Å². The Balaban J connectivity index is 1.37. The van der Waals surface area contributed by atoms with Crippen LogP contribution in [0.15, 0.2) is 36.5 Å². The van der Waals surface area contributed by atoms with Crippen molar-refractivity contribution in [2.24, 2.45) is 17.8 Å². The maximum Gasteiger partial charge on any atom is 0.405 e. The topological polar surface area (TPSA) is 212 Å². The fourth-order valence-electron chi connectivity index (χ4n) is 7.74. The molecule has 1 unspecified atom stereocenters. The highest BCUT2D eigenvalue weighted by Crippen LogP contribution is 2.48. The third-order valence-electron chi connectivity index (χ3n) is 11.3. The van der Waals surface area contributed by atoms with E-state index in [2.05, 4.69) is 20.3 Å². The Kier molecular flexibility index (Phi) is 11.5. The van der Waals surface area contributed by atoms with Gasteiger partial charge in [0.15, 0.2) is 0 Å². The summed E-state index contributed by atoms with van der Waals surface area (Å²) in [6, 6.07) is 2.81. The molecule has 2 aliphatic heterocycles. The van der Waals surface area contributed by atoms with Gasteiger partial charge in [-0.3, -0.25) is 19.1 Å². The van der Waals surface area contributed by atoms with Crippen molar-refractivity contribution in [1.82, 2.24) is 25.2 Å². The molecule has 17 heteroatoms. The molecule has 3 fully saturated rings. The summed E-state index contributed by atoms with van der Waals surface area (Å²) < 4.78 is 50.7. The zero-order valence-corrected chi connectivity index (χ0v) is 32.6. The predicted molar refractivity (Wildman–Crippen MR) is 200 cm³/mol. The lowest BCUT2D eigenvalue weighted by atomic mass is 9.87. The van der Waals surface area contributed by atoms with Crippen molar-refractivity contribution in [2.45, 2.75) is 94.2 Å². The van der Waals surface area contributed by atoms with Crippen molar-refractivity contribution >= 4 is 44.6 Å². The van der Waals surface area contributed by atoms with Crippen LogP contribution >= 0.6 is 0 Å². The molecule has 7 atom stereocenters. The normalized spacial score (nSPS) is 29.7. The van der Waals surface area contributed by atoms with Gasteiger partial charge in [-0.2, -0.15) is 0 Å². The van der Waals surface area contributed by atoms with Crippen molar-refractivity contribution in [3.05, 3.63) is 36.5 Å². The van der Waals surface area contributed by atoms with E-state index in [0.717, 1.165) is 0 Å². The van der Waals surface area contributed by atoms with E-state index in [1.54, 1.807) is 32.2 Å². The quantitative estimate of drug-likeness (QED) is 0.242. The highest BCUT2D eigenvalue weighted by Gasteiger charge is 2.63. The number of nitrogens with zero attached hydrogens (tertiary/aromatic N) is 2. The number of hydrogen-bond acceptors (Lipinski definition) is 11. The number of aromatic nitrogens is 1. The zero-order valence-electron chi connectivity index (χ0n) is 31.8. The summed E-state index contributed by atoms with van der Waals surface area (Å²) in [7, 11) is -1.00. The SMILES string of the molecule is CCOc1cnc(O[C@@H]2CC3C(=O)N[C@]4(C(=O)NS(=O)(=O)C5(C)CC5)C[C@H]4/C=C/CC[C@@H](C)C[C@@H](COC)[C@H](NC(=O)O)C(=O)N3C2)c2ccc(OC)cc12. The summed E-state index contributed by atoms with van der Waals surface area (Å²) in [6.07, 6.45) is 5.76. The molecule has 4 aliphatic rings. The van der Waals surface area contributed by atoms with Crippen LogP contribution in [0.5, 0.6) is 17.4 Å². The van der Waals surface area contributed by atoms with Gasteiger partial charge in [0, 0.05) is 36.1 Å². The molecular weight excluding hydrogens is 735 g/mol. The standard InChI is InChI=1S/C38H51N5O11S/c1-6-53-30-19-39-33(27-12-11-25(52-5)16-28(27)30)54-26-17-29-32(44)41-38(35(46)42-55(49,50)37(3)13-14-37)18-24(38)10-8-7-9-22(2)15-23(21-51-4)31(40-36(47)48)34(45)43(29)20-26/h8,10-12,16,19,22-24,26,29,31,40H,6-7,9,13-15,17-18,20-21H2,1-5H3,(H,41,44)(H,42,46)(H,47,48)/b10-8+/t22-,23+,24-,26-,29?,31+,38-/m1/s1. The second-order valence-electron chi connectivity index (χ2n) is 15.4. The minimum Gasteiger partial charge on any atom is -0.497 e. The number of nitrogens with one attached hydrogen (secondary N) is 3. The van der Waals surface area contributed by atoms with Gasteiger partial charge in [0.1, 0.15) is 35.2 Å². The third-order valence-corrected chi connectivity index (χ3v) is 13.5. The number of amides is 4. The molecule has 1 aromatic heterocycles. The molecule has 2 aromatic rings. The highest BCUT2D eigenvalue weighted by molar-refractivity contribution is 7.91. The van der Waals surface area contributed by atoms with Gasteiger partial charge in [0.25, 0.3) is 5.91 Å². The van der Waals surface area contributed by atoms with Crippen LogP contribution in [0.4, 0.5) is 4.79 Å². The van der Waals surface area contributed by atoms with Crippen molar-refractivity contribution < 1.29 is 51.6 Å². The Morgan fingerprint density at radius 1 is 1.15 bits per heavy atom. The first kappa shape index (κ1) is 40.0. The first-order chi connectivity index (χ1) is 26.1. The largest absolute Gasteiger partial charge is 0.497 e. The molecule has 1 aromatic carbocycles. The van der Waals surface area contributed by atoms with Gasteiger partial charge in [-0.15, -0.1) is 0 Å². The first-order valence-corrected chi connectivity index (χ1v) is 20.2. The molecule has 6 rings (SSSR count). The van der Waals surface area contributed by atoms with Crippen molar-refractivity contribution in [3.8, 4) is 17.4 Å². The number of pyridine rings is 1. The number of rotatable bonds is 11. The van der Waals surface area contributed by atoms with Crippen LogP contribution in [0.1, 0.15) is 65.7 Å². The molecule has 1 saturated heterocycles. The molecule has 16 nitrogen and oxygen atoms in total. The van der Waals surface area contributed by atoms with E-state index in [0.29, 0.717) is 61.0 Å². The fraction of sp³-hybridized carbons (Fsp3) is 0.605. The number of carbonyl (C=O) groups excluding carboxylic acids is 3. The monoisotopic (exact) mass is 785 g/mol. The van der Waals surface area contributed by atoms with Gasteiger partial charge in [-0.05, 0) is 76.5 Å². The first-order valence-electron chi connectivity index (χ1n) is 18.8. The van der Waals surface area contributed by atoms with Gasteiger partial charge in [0.05, 0.1) is 37.8 Å². The average molecular weight is 786 g/mol. The van der Waals surface area contributed by atoms with E-state index >= 15 is 0 Å². The minimum atomic E-state index is -4.03. The van der Waals surface area contributed by atoms with Gasteiger partial charge < -0.3 is 39.6 Å². The molecule has 0 radical (unpaired) electrons. The summed E-state index contributed by atoms with van der Waals surface area (Å²) in [5.74, 6) is -1.90. The van der Waals surface area contributed by atoms with E-state index in [-0.39, 0.29) is 37.8 Å². The van der Waals surface area contributed by atoms with E-state index in [4.69, 9.17) is 18.9 Å². The number of allylic oxidation sites excluding steroid dienone is 1. The summed E-state index contributed by atoms with van der Waals surface area (Å²) in [4.78, 5) is 61.0. The van der Waals surface area contributed by atoms with Gasteiger partial charge in [-0.25, -0.2) is 18.2 Å². The molecule has 3 heterocycles. The van der Waals surface area contributed by atoms with E-state index < -0.39 is 74.1 Å². The Labute approximate surface area is 320 Å². The summed E-state index contributed by atoms with van der Waals surface area (Å²) >= 11 is 0. The van der Waals surface area contributed by atoms with Crippen molar-refractivity contribution in [3.63, 3.8) is 0 Å². The van der Waals surface area contributed by atoms with E-state index in [1.165, 1.54) is 18.2 Å². The molecular formula is C38H51N5O11S. The van der Waals surface area contributed by atoms with Crippen LogP contribution in [-0.4, -0.2) is 110 Å². The third kappa shape index (κ3) is 8.32. The number of sulfonamides is 1. The van der Waals surface area contributed by atoms with E-state index in [1.807, 2.05) is 26.0 Å². The second-order valence-corrected chi connectivity index (χ2v) is 17.6. The Bertz CT molecular complexity index is 1950. The predicted octanol–water partition coefficient (Wildman–Crippen LogP) is 3.14. The fourth-order valence-corrected chi connectivity index (χ4v) is 9.06. The Hall–Kier alpha value is -4.64. The second kappa shape index (κ2) is 15.8. The highest BCUT2D eigenvalue weighted by atomic mass is 32.2. The summed E-state index contributed by atoms with van der Waals surface area (Å²) in [6.45, 7) is 5.77. The van der Waals surface area contributed by atoms with Crippen LogP contribution in [0.2, 0.25) is 0 Å². The molecule has 55 heavy (non-hydrogen) atoms. The Morgan fingerprint density at radius 3 is 2.58 bits per heavy atom. The maximum atomic E-state index is 14.6. The zero-order chi connectivity index (χ0) is 39.7. The van der Waals surface area contributed by atoms with E-state index in [9.17, 15) is 32.7 Å². The van der Waals surface area contributed by atoms with Crippen molar-refractivity contribution in [2.75, 3.05) is 34.0 Å². The molecule has 2 aliphatic carbocycles. The van der Waals surface area contributed by atoms with Crippen LogP contribution in [0, 0.1) is 17.8 Å². The minimum absolute atomic E-state index is 0.0379. The molecule has 4 N–H and O–H groups in total. The number of fused-ring (bicyclic) bond motifs is 3. The number of ether oxygens (including phenoxy) is 4. The molecule has 2 saturated carbocycles. The Morgan fingerprint density at radius 2 is 1.91 bits per heavy atom. The molecule has 0 spiro atoms. The van der Waals surface area contributed by atoms with Gasteiger partial charge in [-0.1, -0.05) is 19.1 Å². The molecule has 4 amide bonds. The maximum absolute atomic E-state index is 14.6. The lowest BCUT2D eigenvalue weighted by Crippen LogP contribution is -2.59. The number of carbonyl (C=O) groups is 4. The number of methoxy groups -OCH3 is 2. The lowest BCUT2D eigenvalue weighted by Gasteiger charge is -2.33. The molecule has 0 bridgehead atoms. The summed E-state index contributed by atoms with van der Waals surface area (Å²) in [5, 5.41) is 16.4.